The van der Waals surface area contributed by atoms with Crippen LogP contribution < -0.4 is 0 Å². The van der Waals surface area contributed by atoms with E-state index in [1.54, 1.807) is 7.11 Å². The third-order valence-corrected chi connectivity index (χ3v) is 9.06. The van der Waals surface area contributed by atoms with Gasteiger partial charge in [0, 0.05) is 44.1 Å². The van der Waals surface area contributed by atoms with Gasteiger partial charge in [0.2, 0.25) is 17.2 Å². The number of methoxy groups -OCH3 is 1. The molecule has 2 saturated carbocycles. The van der Waals surface area contributed by atoms with Crippen LogP contribution in [0.25, 0.3) is 0 Å². The molecular formula is C25H36O9. The number of esters is 2. The maximum Gasteiger partial charge on any atom is 0.303 e. The van der Waals surface area contributed by atoms with Gasteiger partial charge in [0.25, 0.3) is 0 Å². The summed E-state index contributed by atoms with van der Waals surface area (Å²) in [5.74, 6) is -3.26. The van der Waals surface area contributed by atoms with Gasteiger partial charge in [-0.15, -0.1) is 0 Å². The first-order chi connectivity index (χ1) is 15.7. The summed E-state index contributed by atoms with van der Waals surface area (Å²) in [7, 11) is 1.57. The molecule has 0 N–H and O–H groups in total. The van der Waals surface area contributed by atoms with Crippen molar-refractivity contribution in [3.63, 3.8) is 0 Å². The van der Waals surface area contributed by atoms with E-state index in [-0.39, 0.29) is 6.61 Å². The van der Waals surface area contributed by atoms with Gasteiger partial charge in [0.1, 0.15) is 11.7 Å². The Morgan fingerprint density at radius 1 is 1.00 bits per heavy atom. The second-order valence-electron chi connectivity index (χ2n) is 11.4. The van der Waals surface area contributed by atoms with Gasteiger partial charge in [-0.3, -0.25) is 19.2 Å². The number of hydrogen-bond acceptors (Lipinski definition) is 9. The standard InChI is InChI=1S/C25H36O9/c1-14(26)32-16-8-9-22(5)19(21(16,3)4)18(28)20(29)23(6,33-15(2)27)25(22)11-10-24(34-25)12-17(30-7)31-13-24/h16-17,19H,8-13H2,1-7H3. The van der Waals surface area contributed by atoms with Gasteiger partial charge in [-0.05, 0) is 32.6 Å². The molecule has 190 valence electrons. The SMILES string of the molecule is COC1CC2(CCC3(O2)C(C)(OC(C)=O)C(=O)C(=O)C2C(C)(C)C(OC(C)=O)CCC23C)CO1. The predicted octanol–water partition coefficient (Wildman–Crippen LogP) is 2.51. The van der Waals surface area contributed by atoms with Gasteiger partial charge in [-0.2, -0.15) is 0 Å². The molecule has 9 heteroatoms. The fourth-order valence-electron chi connectivity index (χ4n) is 7.62. The van der Waals surface area contributed by atoms with E-state index in [9.17, 15) is 19.2 Å². The Morgan fingerprint density at radius 2 is 1.68 bits per heavy atom. The average Bonchev–Trinajstić information content (AvgIpc) is 3.32. The van der Waals surface area contributed by atoms with Crippen molar-refractivity contribution >= 4 is 23.5 Å². The molecule has 34 heavy (non-hydrogen) atoms. The van der Waals surface area contributed by atoms with Crippen molar-refractivity contribution in [3.05, 3.63) is 0 Å². The number of ketones is 2. The Balaban J connectivity index is 1.87. The molecule has 0 aromatic carbocycles. The topological polar surface area (TPSA) is 114 Å². The quantitative estimate of drug-likeness (QED) is 0.444. The van der Waals surface area contributed by atoms with Crippen LogP contribution in [0.3, 0.4) is 0 Å². The number of hydrogen-bond donors (Lipinski definition) is 0. The van der Waals surface area contributed by atoms with E-state index in [1.807, 2.05) is 20.8 Å². The zero-order valence-electron chi connectivity index (χ0n) is 21.1. The number of carbonyl (C=O) groups is 4. The minimum atomic E-state index is -1.79. The number of Topliss-reactive ketones (excluding diaryl/α,β-unsaturated/α-hetero) is 2. The average molecular weight is 481 g/mol. The minimum absolute atomic E-state index is 0.283. The zero-order chi connectivity index (χ0) is 25.3. The maximum atomic E-state index is 13.8. The first-order valence-corrected chi connectivity index (χ1v) is 12.0. The summed E-state index contributed by atoms with van der Waals surface area (Å²) in [6, 6.07) is 0. The van der Waals surface area contributed by atoms with E-state index < -0.39 is 69.5 Å². The lowest BCUT2D eigenvalue weighted by Gasteiger charge is -2.65. The molecule has 2 aliphatic carbocycles. The Hall–Kier alpha value is -1.84. The smallest absolute Gasteiger partial charge is 0.303 e. The highest BCUT2D eigenvalue weighted by Crippen LogP contribution is 2.68. The summed E-state index contributed by atoms with van der Waals surface area (Å²) < 4.78 is 29.4. The number of fused-ring (bicyclic) bond motifs is 2. The molecule has 0 aromatic rings. The maximum absolute atomic E-state index is 13.8. The molecule has 2 spiro atoms. The predicted molar refractivity (Wildman–Crippen MR) is 117 cm³/mol. The van der Waals surface area contributed by atoms with Crippen LogP contribution in [0.15, 0.2) is 0 Å². The van der Waals surface area contributed by atoms with Crippen LogP contribution in [-0.2, 0) is 42.9 Å². The summed E-state index contributed by atoms with van der Waals surface area (Å²) in [4.78, 5) is 51.6. The fraction of sp³-hybridized carbons (Fsp3) is 0.840. The van der Waals surface area contributed by atoms with E-state index in [0.717, 1.165) is 0 Å². The van der Waals surface area contributed by atoms with E-state index in [1.165, 1.54) is 20.8 Å². The lowest BCUT2D eigenvalue weighted by atomic mass is 9.42. The second kappa shape index (κ2) is 7.83. The number of carbonyl (C=O) groups excluding carboxylic acids is 4. The van der Waals surface area contributed by atoms with Gasteiger partial charge in [0.05, 0.1) is 12.2 Å². The van der Waals surface area contributed by atoms with Crippen LogP contribution in [0.2, 0.25) is 0 Å². The molecule has 7 unspecified atom stereocenters. The second-order valence-corrected chi connectivity index (χ2v) is 11.4. The Labute approximate surface area is 200 Å². The van der Waals surface area contributed by atoms with Crippen molar-refractivity contribution in [2.24, 2.45) is 16.7 Å². The Bertz CT molecular complexity index is 927. The van der Waals surface area contributed by atoms with Gasteiger partial charge < -0.3 is 23.7 Å². The number of ether oxygens (including phenoxy) is 5. The van der Waals surface area contributed by atoms with Crippen LogP contribution in [0.5, 0.6) is 0 Å². The van der Waals surface area contributed by atoms with Crippen molar-refractivity contribution in [2.75, 3.05) is 13.7 Å². The summed E-state index contributed by atoms with van der Waals surface area (Å²) >= 11 is 0. The first kappa shape index (κ1) is 25.3. The molecule has 4 fully saturated rings. The summed E-state index contributed by atoms with van der Waals surface area (Å²) in [6.07, 6.45) is 1.45. The normalized spacial score (nSPS) is 45.4. The first-order valence-electron chi connectivity index (χ1n) is 12.0. The van der Waals surface area contributed by atoms with E-state index >= 15 is 0 Å². The molecule has 4 rings (SSSR count). The molecule has 2 aliphatic heterocycles. The summed E-state index contributed by atoms with van der Waals surface area (Å²) in [6.45, 7) is 10.1. The van der Waals surface area contributed by atoms with E-state index in [2.05, 4.69) is 0 Å². The van der Waals surface area contributed by atoms with Crippen molar-refractivity contribution in [1.82, 2.24) is 0 Å². The molecule has 4 aliphatic rings. The molecule has 9 nitrogen and oxygen atoms in total. The van der Waals surface area contributed by atoms with E-state index in [0.29, 0.717) is 32.1 Å². The lowest BCUT2D eigenvalue weighted by Crippen LogP contribution is -2.78. The molecule has 0 aromatic heterocycles. The van der Waals surface area contributed by atoms with Crippen LogP contribution in [0.1, 0.15) is 73.6 Å². The Morgan fingerprint density at radius 3 is 2.24 bits per heavy atom. The molecule has 0 amide bonds. The molecule has 7 atom stereocenters. The summed E-state index contributed by atoms with van der Waals surface area (Å²) in [5, 5.41) is 0. The van der Waals surface area contributed by atoms with Gasteiger partial charge in [-0.25, -0.2) is 0 Å². The number of rotatable bonds is 3. The third-order valence-electron chi connectivity index (χ3n) is 9.06. The minimum Gasteiger partial charge on any atom is -0.462 e. The highest BCUT2D eigenvalue weighted by atomic mass is 16.7. The van der Waals surface area contributed by atoms with E-state index in [4.69, 9.17) is 23.7 Å². The zero-order valence-corrected chi connectivity index (χ0v) is 21.1. The van der Waals surface area contributed by atoms with Crippen molar-refractivity contribution in [1.29, 1.82) is 0 Å². The fourth-order valence-corrected chi connectivity index (χ4v) is 7.62. The van der Waals surface area contributed by atoms with Crippen LogP contribution >= 0.6 is 0 Å². The molecule has 2 heterocycles. The van der Waals surface area contributed by atoms with Crippen molar-refractivity contribution < 1.29 is 42.9 Å². The van der Waals surface area contributed by atoms with Crippen molar-refractivity contribution in [3.8, 4) is 0 Å². The van der Waals surface area contributed by atoms with Crippen molar-refractivity contribution in [2.45, 2.75) is 103 Å². The van der Waals surface area contributed by atoms with Gasteiger partial charge >= 0.3 is 11.9 Å². The van der Waals surface area contributed by atoms with Gasteiger partial charge in [-0.1, -0.05) is 20.8 Å². The molecular weight excluding hydrogens is 444 g/mol. The largest absolute Gasteiger partial charge is 0.462 e. The van der Waals surface area contributed by atoms with Crippen LogP contribution in [-0.4, -0.2) is 66.4 Å². The Kier molecular flexibility index (Phi) is 5.82. The highest BCUT2D eigenvalue weighted by Gasteiger charge is 2.80. The van der Waals surface area contributed by atoms with Crippen LogP contribution in [0, 0.1) is 16.7 Å². The van der Waals surface area contributed by atoms with Gasteiger partial charge in [0.15, 0.2) is 6.29 Å². The highest BCUT2D eigenvalue weighted by molar-refractivity contribution is 6.42. The van der Waals surface area contributed by atoms with Crippen LogP contribution in [0.4, 0.5) is 0 Å². The molecule has 0 radical (unpaired) electrons. The molecule has 2 saturated heterocycles. The molecule has 0 bridgehead atoms. The third kappa shape index (κ3) is 3.23. The summed E-state index contributed by atoms with van der Waals surface area (Å²) in [5.41, 5.74) is -5.47. The lowest BCUT2D eigenvalue weighted by molar-refractivity contribution is -0.286. The monoisotopic (exact) mass is 480 g/mol.